The van der Waals surface area contributed by atoms with E-state index in [0.29, 0.717) is 17.1 Å². The number of hydrogen-bond donors (Lipinski definition) is 1. The minimum atomic E-state index is -0.655. The van der Waals surface area contributed by atoms with Gasteiger partial charge in [-0.1, -0.05) is 30.8 Å². The first kappa shape index (κ1) is 23.3. The molecule has 4 aromatic rings. The summed E-state index contributed by atoms with van der Waals surface area (Å²) < 4.78 is 12.6. The quantitative estimate of drug-likeness (QED) is 0.373. The van der Waals surface area contributed by atoms with Gasteiger partial charge in [0.15, 0.2) is 0 Å². The Morgan fingerprint density at radius 1 is 1.18 bits per heavy atom. The SMILES string of the molecule is C=C(C)c1ncc(N[C@H](C)c2ccc3oc4ccccc4c3c2)c(=O)n1CC(=O)OC(C)(C)C. The second-order valence-corrected chi connectivity index (χ2v) is 9.47. The number of benzene rings is 2. The lowest BCUT2D eigenvalue weighted by molar-refractivity contribution is -0.155. The van der Waals surface area contributed by atoms with Crippen LogP contribution in [0, 0.1) is 0 Å². The molecule has 7 nitrogen and oxygen atoms in total. The van der Waals surface area contributed by atoms with Crippen LogP contribution < -0.4 is 10.9 Å². The van der Waals surface area contributed by atoms with Gasteiger partial charge in [-0.2, -0.15) is 0 Å². The van der Waals surface area contributed by atoms with E-state index in [4.69, 9.17) is 9.15 Å². The molecule has 4 rings (SSSR count). The van der Waals surface area contributed by atoms with Crippen LogP contribution >= 0.6 is 0 Å². The summed E-state index contributed by atoms with van der Waals surface area (Å²) >= 11 is 0. The predicted molar refractivity (Wildman–Crippen MR) is 135 cm³/mol. The topological polar surface area (TPSA) is 86.4 Å². The maximum absolute atomic E-state index is 13.3. The molecule has 0 saturated carbocycles. The van der Waals surface area contributed by atoms with Gasteiger partial charge in [0.05, 0.1) is 6.20 Å². The molecular formula is C27H29N3O4. The summed E-state index contributed by atoms with van der Waals surface area (Å²) in [4.78, 5) is 30.1. The summed E-state index contributed by atoms with van der Waals surface area (Å²) in [5.74, 6) is -0.165. The van der Waals surface area contributed by atoms with Crippen LogP contribution in [0.4, 0.5) is 5.69 Å². The van der Waals surface area contributed by atoms with Gasteiger partial charge in [0.25, 0.3) is 5.56 Å². The third-order valence-corrected chi connectivity index (χ3v) is 5.41. The Balaban J connectivity index is 1.65. The van der Waals surface area contributed by atoms with Gasteiger partial charge in [0.2, 0.25) is 0 Å². The summed E-state index contributed by atoms with van der Waals surface area (Å²) in [6.45, 7) is 12.7. The molecule has 2 aromatic heterocycles. The number of rotatable bonds is 6. The van der Waals surface area contributed by atoms with Crippen molar-refractivity contribution in [1.82, 2.24) is 9.55 Å². The van der Waals surface area contributed by atoms with Crippen LogP contribution in [0.25, 0.3) is 27.5 Å². The molecule has 7 heteroatoms. The minimum Gasteiger partial charge on any atom is -0.459 e. The van der Waals surface area contributed by atoms with Gasteiger partial charge in [-0.15, -0.1) is 0 Å². The maximum atomic E-state index is 13.3. The van der Waals surface area contributed by atoms with Crippen LogP contribution in [0.5, 0.6) is 0 Å². The second kappa shape index (κ2) is 8.82. The molecular weight excluding hydrogens is 430 g/mol. The lowest BCUT2D eigenvalue weighted by Crippen LogP contribution is -2.33. The molecule has 1 atom stereocenters. The molecule has 0 spiro atoms. The smallest absolute Gasteiger partial charge is 0.326 e. The van der Waals surface area contributed by atoms with Gasteiger partial charge in [0.1, 0.15) is 34.8 Å². The normalized spacial score (nSPS) is 12.6. The van der Waals surface area contributed by atoms with E-state index in [1.54, 1.807) is 27.7 Å². The number of hydrogen-bond acceptors (Lipinski definition) is 6. The Morgan fingerprint density at radius 2 is 1.88 bits per heavy atom. The Bertz CT molecular complexity index is 1460. The summed E-state index contributed by atoms with van der Waals surface area (Å²) in [5, 5.41) is 5.31. The molecule has 0 saturated heterocycles. The highest BCUT2D eigenvalue weighted by atomic mass is 16.6. The van der Waals surface area contributed by atoms with Gasteiger partial charge in [-0.3, -0.25) is 14.2 Å². The number of esters is 1. The Labute approximate surface area is 198 Å². The van der Waals surface area contributed by atoms with Crippen molar-refractivity contribution < 1.29 is 13.9 Å². The van der Waals surface area contributed by atoms with E-state index in [9.17, 15) is 9.59 Å². The fourth-order valence-electron chi connectivity index (χ4n) is 3.91. The summed E-state index contributed by atoms with van der Waals surface area (Å²) in [6.07, 6.45) is 1.49. The number of nitrogens with zero attached hydrogens (tertiary/aromatic N) is 2. The van der Waals surface area contributed by atoms with Crippen LogP contribution in [0.1, 0.15) is 52.0 Å². The summed E-state index contributed by atoms with van der Waals surface area (Å²) in [6, 6.07) is 13.7. The van der Waals surface area contributed by atoms with Crippen LogP contribution in [0.2, 0.25) is 0 Å². The zero-order valence-electron chi connectivity index (χ0n) is 20.1. The zero-order chi connectivity index (χ0) is 24.6. The van der Waals surface area contributed by atoms with Crippen molar-refractivity contribution in [3.05, 3.63) is 77.0 Å². The molecule has 0 unspecified atom stereocenters. The van der Waals surface area contributed by atoms with Crippen LogP contribution in [-0.2, 0) is 16.1 Å². The number of fused-ring (bicyclic) bond motifs is 3. The molecule has 0 aliphatic carbocycles. The number of furan rings is 1. The highest BCUT2D eigenvalue weighted by molar-refractivity contribution is 6.05. The average molecular weight is 460 g/mol. The molecule has 0 bridgehead atoms. The molecule has 0 aliphatic heterocycles. The summed E-state index contributed by atoms with van der Waals surface area (Å²) in [7, 11) is 0. The van der Waals surface area contributed by atoms with E-state index in [1.807, 2.05) is 43.3 Å². The number of allylic oxidation sites excluding steroid dienone is 1. The minimum absolute atomic E-state index is 0.196. The lowest BCUT2D eigenvalue weighted by Gasteiger charge is -2.21. The Hall–Kier alpha value is -3.87. The molecule has 34 heavy (non-hydrogen) atoms. The van der Waals surface area contributed by atoms with Gasteiger partial charge >= 0.3 is 5.97 Å². The van der Waals surface area contributed by atoms with Crippen molar-refractivity contribution in [2.75, 3.05) is 5.32 Å². The third-order valence-electron chi connectivity index (χ3n) is 5.41. The molecule has 0 fully saturated rings. The fourth-order valence-corrected chi connectivity index (χ4v) is 3.91. The van der Waals surface area contributed by atoms with E-state index >= 15 is 0 Å². The number of para-hydroxylation sites is 1. The molecule has 0 radical (unpaired) electrons. The first-order valence-electron chi connectivity index (χ1n) is 11.2. The number of ether oxygens (including phenoxy) is 1. The van der Waals surface area contributed by atoms with Crippen LogP contribution in [0.15, 0.2) is 64.5 Å². The molecule has 0 aliphatic rings. The van der Waals surface area contributed by atoms with Gasteiger partial charge in [-0.25, -0.2) is 4.98 Å². The number of anilines is 1. The Kier molecular flexibility index (Phi) is 6.04. The van der Waals surface area contributed by atoms with Crippen molar-refractivity contribution in [1.29, 1.82) is 0 Å². The van der Waals surface area contributed by atoms with Crippen molar-refractivity contribution in [2.24, 2.45) is 0 Å². The molecule has 176 valence electrons. The Morgan fingerprint density at radius 3 is 2.59 bits per heavy atom. The van der Waals surface area contributed by atoms with Gasteiger partial charge in [0, 0.05) is 16.8 Å². The maximum Gasteiger partial charge on any atom is 0.326 e. The number of carbonyl (C=O) groups is 1. The predicted octanol–water partition coefficient (Wildman–Crippen LogP) is 5.69. The van der Waals surface area contributed by atoms with E-state index in [2.05, 4.69) is 22.9 Å². The highest BCUT2D eigenvalue weighted by Crippen LogP contribution is 2.31. The van der Waals surface area contributed by atoms with Gasteiger partial charge < -0.3 is 14.5 Å². The zero-order valence-corrected chi connectivity index (χ0v) is 20.1. The van der Waals surface area contributed by atoms with Gasteiger partial charge in [-0.05, 0) is 64.0 Å². The third kappa shape index (κ3) is 4.73. The first-order valence-corrected chi connectivity index (χ1v) is 11.2. The number of nitrogens with one attached hydrogen (secondary N) is 1. The van der Waals surface area contributed by atoms with Crippen molar-refractivity contribution in [3.8, 4) is 0 Å². The summed E-state index contributed by atoms with van der Waals surface area (Å²) in [5.41, 5.74) is 2.49. The van der Waals surface area contributed by atoms with E-state index < -0.39 is 11.6 Å². The first-order chi connectivity index (χ1) is 16.0. The molecule has 2 aromatic carbocycles. The number of aromatic nitrogens is 2. The molecule has 1 N–H and O–H groups in total. The van der Waals surface area contributed by atoms with Crippen LogP contribution in [0.3, 0.4) is 0 Å². The average Bonchev–Trinajstić information content (AvgIpc) is 3.13. The van der Waals surface area contributed by atoms with E-state index in [-0.39, 0.29) is 18.1 Å². The standard InChI is InChI=1S/C27H29N3O4/c1-16(2)25-28-14-21(26(32)30(25)15-24(31)34-27(4,5)6)29-17(3)18-11-12-23-20(13-18)19-9-7-8-10-22(19)33-23/h7-14,17,29H,1,15H2,2-6H3/t17-/m1/s1. The van der Waals surface area contributed by atoms with Crippen molar-refractivity contribution in [2.45, 2.75) is 52.8 Å². The highest BCUT2D eigenvalue weighted by Gasteiger charge is 2.21. The lowest BCUT2D eigenvalue weighted by atomic mass is 10.0. The van der Waals surface area contributed by atoms with Crippen molar-refractivity contribution >= 4 is 39.2 Å². The molecule has 0 amide bonds. The second-order valence-electron chi connectivity index (χ2n) is 9.47. The van der Waals surface area contributed by atoms with E-state index in [0.717, 1.165) is 27.5 Å². The largest absolute Gasteiger partial charge is 0.459 e. The fraction of sp³-hybridized carbons (Fsp3) is 0.296. The molecule has 2 heterocycles. The van der Waals surface area contributed by atoms with E-state index in [1.165, 1.54) is 10.8 Å². The van der Waals surface area contributed by atoms with Crippen LogP contribution in [-0.4, -0.2) is 21.1 Å². The number of carbonyl (C=O) groups excluding carboxylic acids is 1. The monoisotopic (exact) mass is 459 g/mol. The van der Waals surface area contributed by atoms with Crippen molar-refractivity contribution in [3.63, 3.8) is 0 Å².